The largest absolute Gasteiger partial charge is 0.322 e. The molecule has 0 aromatic heterocycles. The molecule has 0 spiro atoms. The molecule has 0 amide bonds. The van der Waals surface area contributed by atoms with E-state index in [4.69, 9.17) is 5.84 Å². The van der Waals surface area contributed by atoms with Crippen molar-refractivity contribution in [2.45, 2.75) is 45.4 Å². The van der Waals surface area contributed by atoms with Gasteiger partial charge in [-0.2, -0.15) is 10.2 Å². The summed E-state index contributed by atoms with van der Waals surface area (Å²) >= 11 is 0. The van der Waals surface area contributed by atoms with Gasteiger partial charge >= 0.3 is 0 Å². The van der Waals surface area contributed by atoms with Gasteiger partial charge in [-0.1, -0.05) is 6.08 Å². The number of nitrogens with zero attached hydrogens (tertiary/aromatic N) is 2. The highest BCUT2D eigenvalue weighted by Crippen LogP contribution is 2.57. The highest BCUT2D eigenvalue weighted by Gasteiger charge is 2.47. The molecule has 3 N–H and O–H groups in total. The third-order valence-electron chi connectivity index (χ3n) is 6.02. The van der Waals surface area contributed by atoms with E-state index in [1.54, 1.807) is 0 Å². The Balaban J connectivity index is 1.60. The minimum atomic E-state index is 0.778. The lowest BCUT2D eigenvalue weighted by atomic mass is 9.51. The van der Waals surface area contributed by atoms with Crippen molar-refractivity contribution in [3.05, 3.63) is 11.6 Å². The summed E-state index contributed by atoms with van der Waals surface area (Å²) in [6.07, 6.45) is 10.7. The van der Waals surface area contributed by atoms with E-state index in [2.05, 4.69) is 28.6 Å². The quantitative estimate of drug-likeness (QED) is 0.569. The second-order valence-corrected chi connectivity index (χ2v) is 7.26. The Morgan fingerprint density at radius 1 is 1.15 bits per heavy atom. The molecule has 1 aliphatic heterocycles. The fourth-order valence-corrected chi connectivity index (χ4v) is 5.29. The lowest BCUT2D eigenvalue weighted by Gasteiger charge is -2.54. The molecule has 5 rings (SSSR count). The van der Waals surface area contributed by atoms with E-state index in [0.29, 0.717) is 0 Å². The van der Waals surface area contributed by atoms with E-state index in [1.165, 1.54) is 37.7 Å². The molecule has 0 radical (unpaired) electrons. The molecule has 20 heavy (non-hydrogen) atoms. The monoisotopic (exact) mass is 272 g/mol. The lowest BCUT2D eigenvalue weighted by Crippen LogP contribution is -2.44. The van der Waals surface area contributed by atoms with Crippen LogP contribution in [0.4, 0.5) is 0 Å². The van der Waals surface area contributed by atoms with E-state index >= 15 is 0 Å². The normalized spacial score (nSPS) is 46.6. The molecule has 0 aromatic rings. The second kappa shape index (κ2) is 4.61. The molecular weight excluding hydrogens is 248 g/mol. The van der Waals surface area contributed by atoms with Crippen LogP contribution in [0.15, 0.2) is 21.9 Å². The third-order valence-corrected chi connectivity index (χ3v) is 6.02. The van der Waals surface area contributed by atoms with Crippen LogP contribution in [0.3, 0.4) is 0 Å². The minimum Gasteiger partial charge on any atom is -0.322 e. The van der Waals surface area contributed by atoms with Gasteiger partial charge in [-0.25, -0.2) is 0 Å². The first kappa shape index (κ1) is 12.4. The average molecular weight is 272 g/mol. The predicted molar refractivity (Wildman–Crippen MR) is 81.1 cm³/mol. The minimum absolute atomic E-state index is 0.778. The Bertz CT molecular complexity index is 475. The van der Waals surface area contributed by atoms with Crippen LogP contribution in [-0.2, 0) is 0 Å². The Hall–Kier alpha value is -1.32. The first-order valence-corrected chi connectivity index (χ1v) is 8.01. The summed E-state index contributed by atoms with van der Waals surface area (Å²) in [6, 6.07) is 0. The van der Waals surface area contributed by atoms with Gasteiger partial charge in [0.15, 0.2) is 0 Å². The van der Waals surface area contributed by atoms with Gasteiger partial charge in [0.1, 0.15) is 5.84 Å². The first-order valence-electron chi connectivity index (χ1n) is 8.01. The summed E-state index contributed by atoms with van der Waals surface area (Å²) in [5.74, 6) is 10.9. The summed E-state index contributed by atoms with van der Waals surface area (Å²) in [6.45, 7) is 2.09. The van der Waals surface area contributed by atoms with Crippen LogP contribution < -0.4 is 11.3 Å². The zero-order valence-electron chi connectivity index (χ0n) is 12.2. The number of rotatable bonds is 1. The molecule has 5 aliphatic rings. The fourth-order valence-electron chi connectivity index (χ4n) is 5.29. The van der Waals surface area contributed by atoms with Crippen molar-refractivity contribution < 1.29 is 0 Å². The first-order chi connectivity index (χ1) is 9.72. The molecule has 0 atom stereocenters. The summed E-state index contributed by atoms with van der Waals surface area (Å²) in [5, 5.41) is 8.11. The lowest BCUT2D eigenvalue weighted by molar-refractivity contribution is -0.0163. The van der Waals surface area contributed by atoms with E-state index in [1.807, 2.05) is 0 Å². The number of allylic oxidation sites excluding steroid dienone is 1. The molecule has 4 bridgehead atoms. The molecule has 108 valence electrons. The van der Waals surface area contributed by atoms with Gasteiger partial charge in [0.2, 0.25) is 0 Å². The van der Waals surface area contributed by atoms with Crippen molar-refractivity contribution in [1.29, 1.82) is 0 Å². The number of nitrogens with two attached hydrogens (primary N) is 1. The second-order valence-electron chi connectivity index (χ2n) is 7.26. The fraction of sp³-hybridized carbons (Fsp3) is 0.750. The van der Waals surface area contributed by atoms with Crippen LogP contribution in [-0.4, -0.2) is 11.5 Å². The summed E-state index contributed by atoms with van der Waals surface area (Å²) in [4.78, 5) is 0. The summed E-state index contributed by atoms with van der Waals surface area (Å²) in [7, 11) is 0. The highest BCUT2D eigenvalue weighted by molar-refractivity contribution is 6.06. The van der Waals surface area contributed by atoms with Crippen LogP contribution in [0, 0.1) is 29.6 Å². The molecule has 1 heterocycles. The Kier molecular flexibility index (Phi) is 2.86. The number of hydrogen-bond donors (Lipinski definition) is 2. The van der Waals surface area contributed by atoms with Crippen LogP contribution in [0.25, 0.3) is 0 Å². The zero-order chi connectivity index (χ0) is 13.7. The van der Waals surface area contributed by atoms with E-state index in [-0.39, 0.29) is 0 Å². The number of nitrogens with one attached hydrogen (secondary N) is 1. The van der Waals surface area contributed by atoms with E-state index < -0.39 is 0 Å². The van der Waals surface area contributed by atoms with Gasteiger partial charge in [0.25, 0.3) is 0 Å². The van der Waals surface area contributed by atoms with Gasteiger partial charge in [-0.3, -0.25) is 5.43 Å². The van der Waals surface area contributed by atoms with E-state index in [9.17, 15) is 0 Å². The topological polar surface area (TPSA) is 62.8 Å². The van der Waals surface area contributed by atoms with Crippen molar-refractivity contribution in [3.63, 3.8) is 0 Å². The van der Waals surface area contributed by atoms with Gasteiger partial charge < -0.3 is 5.84 Å². The average Bonchev–Trinajstić information content (AvgIpc) is 2.44. The summed E-state index contributed by atoms with van der Waals surface area (Å²) < 4.78 is 0. The van der Waals surface area contributed by atoms with Gasteiger partial charge in [0.05, 0.1) is 5.71 Å². The van der Waals surface area contributed by atoms with Crippen LogP contribution in [0.5, 0.6) is 0 Å². The van der Waals surface area contributed by atoms with Crippen LogP contribution in [0.2, 0.25) is 0 Å². The van der Waals surface area contributed by atoms with Gasteiger partial charge in [-0.05, 0) is 74.2 Å². The standard InChI is InChI=1S/C16H24N4/c1-9-12(8-16(18-17)20-19-9)7-15-13-3-10-2-11(5-13)6-14(15)4-10/h7,10-11,13-15H,2-6,8,17H2,1H3,(H,18,20)/b12-7+. The SMILES string of the molecule is CC1=NN/C(=N\N)C/C1=C\C1C2CC3CC(C2)CC1C3. The van der Waals surface area contributed by atoms with E-state index in [0.717, 1.165) is 47.6 Å². The van der Waals surface area contributed by atoms with Crippen molar-refractivity contribution in [1.82, 2.24) is 5.43 Å². The molecule has 4 aliphatic carbocycles. The number of hydrazone groups is 2. The molecule has 4 fully saturated rings. The molecule has 0 unspecified atom stereocenters. The molecule has 4 nitrogen and oxygen atoms in total. The van der Waals surface area contributed by atoms with Crippen molar-refractivity contribution in [2.24, 2.45) is 45.6 Å². The third kappa shape index (κ3) is 1.97. The zero-order valence-corrected chi connectivity index (χ0v) is 12.2. The maximum atomic E-state index is 5.39. The maximum Gasteiger partial charge on any atom is 0.146 e. The molecule has 0 aromatic carbocycles. The van der Waals surface area contributed by atoms with Gasteiger partial charge in [-0.15, -0.1) is 0 Å². The number of hydrogen-bond acceptors (Lipinski definition) is 3. The smallest absolute Gasteiger partial charge is 0.146 e. The maximum absolute atomic E-state index is 5.39. The van der Waals surface area contributed by atoms with Crippen LogP contribution >= 0.6 is 0 Å². The Labute approximate surface area is 120 Å². The van der Waals surface area contributed by atoms with Crippen molar-refractivity contribution in [2.75, 3.05) is 0 Å². The molecule has 4 heteroatoms. The Morgan fingerprint density at radius 2 is 1.80 bits per heavy atom. The molecular formula is C16H24N4. The predicted octanol–water partition coefficient (Wildman–Crippen LogP) is 2.63. The van der Waals surface area contributed by atoms with Gasteiger partial charge in [0, 0.05) is 6.42 Å². The number of amidine groups is 1. The van der Waals surface area contributed by atoms with Crippen molar-refractivity contribution >= 4 is 11.5 Å². The summed E-state index contributed by atoms with van der Waals surface area (Å²) in [5.41, 5.74) is 5.36. The Morgan fingerprint density at radius 3 is 2.40 bits per heavy atom. The molecule has 4 saturated carbocycles. The van der Waals surface area contributed by atoms with Crippen molar-refractivity contribution in [3.8, 4) is 0 Å². The highest BCUT2D eigenvalue weighted by atomic mass is 15.4. The van der Waals surface area contributed by atoms with Crippen LogP contribution in [0.1, 0.15) is 45.4 Å². The molecule has 0 saturated heterocycles.